The topological polar surface area (TPSA) is 65.0 Å². The van der Waals surface area contributed by atoms with Crippen molar-refractivity contribution < 1.29 is 24.1 Å². The van der Waals surface area contributed by atoms with Crippen LogP contribution in [0.3, 0.4) is 0 Å². The minimum atomic E-state index is -0.731. The van der Waals surface area contributed by atoms with Gasteiger partial charge in [-0.2, -0.15) is 0 Å². The smallest absolute Gasteiger partial charge is 0.333 e. The molecule has 0 saturated carbocycles. The van der Waals surface area contributed by atoms with Crippen molar-refractivity contribution in [1.29, 1.82) is 0 Å². The number of fused-ring (bicyclic) bond motifs is 1. The number of methoxy groups -OCH3 is 1. The van der Waals surface area contributed by atoms with Crippen molar-refractivity contribution >= 4 is 5.97 Å². The molecule has 0 aromatic heterocycles. The van der Waals surface area contributed by atoms with E-state index < -0.39 is 24.0 Å². The predicted molar refractivity (Wildman–Crippen MR) is 54.5 cm³/mol. The molecule has 3 atom stereocenters. The molecule has 16 heavy (non-hydrogen) atoms. The number of carbonyl (C=O) groups excluding carboxylic acids is 1. The van der Waals surface area contributed by atoms with Crippen molar-refractivity contribution in [3.8, 4) is 0 Å². The summed E-state index contributed by atoms with van der Waals surface area (Å²) in [6.45, 7) is 3.56. The van der Waals surface area contributed by atoms with Gasteiger partial charge < -0.3 is 19.3 Å². The molecular formula is C11H16O5. The summed E-state index contributed by atoms with van der Waals surface area (Å²) in [7, 11) is 1.32. The van der Waals surface area contributed by atoms with Crippen LogP contribution in [-0.4, -0.2) is 42.3 Å². The first-order valence-corrected chi connectivity index (χ1v) is 5.25. The van der Waals surface area contributed by atoms with Crippen molar-refractivity contribution in [2.24, 2.45) is 0 Å². The fourth-order valence-electron chi connectivity index (χ4n) is 2.13. The Kier molecular flexibility index (Phi) is 2.77. The Morgan fingerprint density at radius 2 is 2.25 bits per heavy atom. The van der Waals surface area contributed by atoms with Crippen LogP contribution in [0.25, 0.3) is 0 Å². The maximum absolute atomic E-state index is 11.4. The number of rotatable bonds is 1. The molecule has 0 aromatic carbocycles. The Bertz CT molecular complexity index is 333. The van der Waals surface area contributed by atoms with Gasteiger partial charge in [-0.3, -0.25) is 0 Å². The van der Waals surface area contributed by atoms with Crippen molar-refractivity contribution in [3.05, 3.63) is 11.6 Å². The number of esters is 1. The van der Waals surface area contributed by atoms with Crippen LogP contribution in [-0.2, 0) is 19.0 Å². The second-order valence-corrected chi connectivity index (χ2v) is 4.52. The molecule has 1 aliphatic heterocycles. The number of hydrogen-bond donors (Lipinski definition) is 1. The average Bonchev–Trinajstić information content (AvgIpc) is 2.52. The SMILES string of the molecule is COC(=O)C1=C[C@H]2OC(C)(C)O[C@H]2[C@@H](O)C1. The number of aliphatic hydroxyl groups excluding tert-OH is 1. The lowest BCUT2D eigenvalue weighted by molar-refractivity contribution is -0.152. The van der Waals surface area contributed by atoms with Gasteiger partial charge in [0.1, 0.15) is 12.2 Å². The van der Waals surface area contributed by atoms with Crippen LogP contribution < -0.4 is 0 Å². The van der Waals surface area contributed by atoms with Crippen molar-refractivity contribution in [3.63, 3.8) is 0 Å². The van der Waals surface area contributed by atoms with Crippen LogP contribution in [0.5, 0.6) is 0 Å². The first-order valence-electron chi connectivity index (χ1n) is 5.25. The minimum absolute atomic E-state index is 0.243. The van der Waals surface area contributed by atoms with Gasteiger partial charge in [0.25, 0.3) is 0 Å². The first kappa shape index (κ1) is 11.6. The average molecular weight is 228 g/mol. The van der Waals surface area contributed by atoms with Crippen LogP contribution in [0.4, 0.5) is 0 Å². The first-order chi connectivity index (χ1) is 7.43. The van der Waals surface area contributed by atoms with Crippen LogP contribution in [0, 0.1) is 0 Å². The fraction of sp³-hybridized carbons (Fsp3) is 0.727. The molecule has 5 nitrogen and oxygen atoms in total. The van der Waals surface area contributed by atoms with Crippen LogP contribution >= 0.6 is 0 Å². The van der Waals surface area contributed by atoms with Gasteiger partial charge in [-0.05, 0) is 19.9 Å². The lowest BCUT2D eigenvalue weighted by Crippen LogP contribution is -2.39. The van der Waals surface area contributed by atoms with Crippen LogP contribution in [0.15, 0.2) is 11.6 Å². The quantitative estimate of drug-likeness (QED) is 0.657. The molecule has 1 heterocycles. The highest BCUT2D eigenvalue weighted by Crippen LogP contribution is 2.36. The summed E-state index contributed by atoms with van der Waals surface area (Å²) in [5.41, 5.74) is 0.442. The van der Waals surface area contributed by atoms with Gasteiger partial charge in [0.2, 0.25) is 0 Å². The standard InChI is InChI=1S/C11H16O5/c1-11(2)15-8-5-6(10(13)14-3)4-7(12)9(8)16-11/h5,7-9,12H,4H2,1-3H3/t7-,8+,9-/m0/s1. The third kappa shape index (κ3) is 1.98. The van der Waals surface area contributed by atoms with Gasteiger partial charge >= 0.3 is 5.97 Å². The van der Waals surface area contributed by atoms with Crippen molar-refractivity contribution in [2.45, 2.75) is 44.4 Å². The zero-order valence-corrected chi connectivity index (χ0v) is 9.60. The Labute approximate surface area is 94.0 Å². The highest BCUT2D eigenvalue weighted by Gasteiger charge is 2.46. The van der Waals surface area contributed by atoms with Crippen LogP contribution in [0.1, 0.15) is 20.3 Å². The van der Waals surface area contributed by atoms with Gasteiger partial charge in [0.15, 0.2) is 5.79 Å². The van der Waals surface area contributed by atoms with E-state index in [4.69, 9.17) is 9.47 Å². The summed E-state index contributed by atoms with van der Waals surface area (Å²) in [4.78, 5) is 11.4. The summed E-state index contributed by atoms with van der Waals surface area (Å²) >= 11 is 0. The third-order valence-corrected chi connectivity index (χ3v) is 2.78. The molecule has 1 saturated heterocycles. The van der Waals surface area contributed by atoms with Crippen LogP contribution in [0.2, 0.25) is 0 Å². The van der Waals surface area contributed by atoms with Crippen molar-refractivity contribution in [1.82, 2.24) is 0 Å². The largest absolute Gasteiger partial charge is 0.466 e. The normalized spacial score (nSPS) is 36.5. The number of hydrogen-bond acceptors (Lipinski definition) is 5. The van der Waals surface area contributed by atoms with E-state index in [1.54, 1.807) is 19.9 Å². The summed E-state index contributed by atoms with van der Waals surface area (Å²) in [5.74, 6) is -1.15. The molecule has 1 fully saturated rings. The van der Waals surface area contributed by atoms with Gasteiger partial charge in [0.05, 0.1) is 13.2 Å². The highest BCUT2D eigenvalue weighted by atomic mass is 16.8. The Balaban J connectivity index is 2.21. The van der Waals surface area contributed by atoms with E-state index in [2.05, 4.69) is 4.74 Å². The van der Waals surface area contributed by atoms with E-state index in [0.717, 1.165) is 0 Å². The minimum Gasteiger partial charge on any atom is -0.466 e. The van der Waals surface area contributed by atoms with Crippen molar-refractivity contribution in [2.75, 3.05) is 7.11 Å². The van der Waals surface area contributed by atoms with E-state index in [0.29, 0.717) is 5.57 Å². The van der Waals surface area contributed by atoms with E-state index in [9.17, 15) is 9.90 Å². The maximum Gasteiger partial charge on any atom is 0.333 e. The van der Waals surface area contributed by atoms with E-state index in [1.165, 1.54) is 7.11 Å². The molecule has 90 valence electrons. The van der Waals surface area contributed by atoms with Gasteiger partial charge in [-0.1, -0.05) is 0 Å². The van der Waals surface area contributed by atoms with E-state index in [1.807, 2.05) is 0 Å². The Hall–Kier alpha value is -0.910. The van der Waals surface area contributed by atoms with Gasteiger partial charge in [0, 0.05) is 12.0 Å². The zero-order chi connectivity index (χ0) is 11.9. The summed E-state index contributed by atoms with van der Waals surface area (Å²) in [6.07, 6.45) is 0.410. The number of carbonyl (C=O) groups is 1. The molecule has 0 bridgehead atoms. The predicted octanol–water partition coefficient (Wildman–Crippen LogP) is 0.370. The number of ether oxygens (including phenoxy) is 3. The lowest BCUT2D eigenvalue weighted by Gasteiger charge is -2.26. The second kappa shape index (κ2) is 3.84. The highest BCUT2D eigenvalue weighted by molar-refractivity contribution is 5.88. The summed E-state index contributed by atoms with van der Waals surface area (Å²) in [5, 5.41) is 9.87. The molecular weight excluding hydrogens is 212 g/mol. The molecule has 0 aromatic rings. The molecule has 2 rings (SSSR count). The molecule has 1 N–H and O–H groups in total. The maximum atomic E-state index is 11.4. The second-order valence-electron chi connectivity index (χ2n) is 4.52. The fourth-order valence-corrected chi connectivity index (χ4v) is 2.13. The molecule has 5 heteroatoms. The van der Waals surface area contributed by atoms with E-state index >= 15 is 0 Å². The molecule has 0 spiro atoms. The molecule has 0 amide bonds. The summed E-state index contributed by atoms with van der Waals surface area (Å²) in [6, 6.07) is 0. The molecule has 0 unspecified atom stereocenters. The Morgan fingerprint density at radius 1 is 1.56 bits per heavy atom. The van der Waals surface area contributed by atoms with E-state index in [-0.39, 0.29) is 12.5 Å². The lowest BCUT2D eigenvalue weighted by atomic mass is 9.92. The molecule has 0 radical (unpaired) electrons. The molecule has 1 aliphatic carbocycles. The Morgan fingerprint density at radius 3 is 2.88 bits per heavy atom. The third-order valence-electron chi connectivity index (χ3n) is 2.78. The monoisotopic (exact) mass is 228 g/mol. The summed E-state index contributed by atoms with van der Waals surface area (Å²) < 4.78 is 15.8. The molecule has 2 aliphatic rings. The zero-order valence-electron chi connectivity index (χ0n) is 9.60. The van der Waals surface area contributed by atoms with Gasteiger partial charge in [-0.15, -0.1) is 0 Å². The number of aliphatic hydroxyl groups is 1. The van der Waals surface area contributed by atoms with Gasteiger partial charge in [-0.25, -0.2) is 4.79 Å².